The molecule has 162 valence electrons. The Kier molecular flexibility index (Phi) is 7.30. The van der Waals surface area contributed by atoms with E-state index in [1.807, 2.05) is 0 Å². The highest BCUT2D eigenvalue weighted by atomic mass is 35.5. The second kappa shape index (κ2) is 9.33. The molecule has 0 unspecified atom stereocenters. The Labute approximate surface area is 171 Å². The van der Waals surface area contributed by atoms with Crippen LogP contribution in [0.3, 0.4) is 0 Å². The van der Waals surface area contributed by atoms with Gasteiger partial charge in [-0.2, -0.15) is 26.3 Å². The third-order valence-electron chi connectivity index (χ3n) is 3.64. The molecule has 12 heteroatoms. The predicted octanol–water partition coefficient (Wildman–Crippen LogP) is 4.94. The molecule has 5 nitrogen and oxygen atoms in total. The fraction of sp³-hybridized carbons (Fsp3) is 0.278. The molecule has 0 spiro atoms. The van der Waals surface area contributed by atoms with Crippen LogP contribution in [0, 0.1) is 0 Å². The van der Waals surface area contributed by atoms with Gasteiger partial charge in [0.25, 0.3) is 5.91 Å². The minimum Gasteiger partial charge on any atom is -0.396 e. The maximum atomic E-state index is 13.1. The number of amides is 1. The number of alkyl halides is 6. The summed E-state index contributed by atoms with van der Waals surface area (Å²) in [6, 6.07) is 4.74. The first kappa shape index (κ1) is 23.5. The first-order chi connectivity index (χ1) is 13.9. The van der Waals surface area contributed by atoms with Crippen molar-refractivity contribution in [3.05, 3.63) is 63.9 Å². The summed E-state index contributed by atoms with van der Waals surface area (Å²) in [4.78, 5) is 20.7. The Bertz CT molecular complexity index is 944. The quantitative estimate of drug-likeness (QED) is 0.383. The Morgan fingerprint density at radius 1 is 1.17 bits per heavy atom. The van der Waals surface area contributed by atoms with E-state index in [-0.39, 0.29) is 18.0 Å². The summed E-state index contributed by atoms with van der Waals surface area (Å²) in [5.41, 5.74) is -3.27. The maximum absolute atomic E-state index is 13.1. The lowest BCUT2D eigenvalue weighted by atomic mass is 10.1. The zero-order valence-corrected chi connectivity index (χ0v) is 16.0. The summed E-state index contributed by atoms with van der Waals surface area (Å²) in [7, 11) is 0. The third kappa shape index (κ3) is 5.85. The molecular weight excluding hydrogens is 440 g/mol. The normalized spacial score (nSPS) is 12.6. The first-order valence-corrected chi connectivity index (χ1v) is 8.69. The molecule has 0 saturated carbocycles. The summed E-state index contributed by atoms with van der Waals surface area (Å²) in [6.07, 6.45) is -8.92. The fourth-order valence-corrected chi connectivity index (χ4v) is 2.57. The number of carbonyl (C=O) groups is 1. The van der Waals surface area contributed by atoms with E-state index in [1.165, 1.54) is 6.07 Å². The van der Waals surface area contributed by atoms with Crippen molar-refractivity contribution >= 4 is 23.2 Å². The highest BCUT2D eigenvalue weighted by Crippen LogP contribution is 2.32. The lowest BCUT2D eigenvalue weighted by molar-refractivity contribution is -0.138. The average molecular weight is 454 g/mol. The van der Waals surface area contributed by atoms with Crippen LogP contribution in [0.4, 0.5) is 26.3 Å². The van der Waals surface area contributed by atoms with Crippen molar-refractivity contribution in [2.24, 2.45) is 5.16 Å². The number of nitrogens with zero attached hydrogens (tertiary/aromatic N) is 2. The summed E-state index contributed by atoms with van der Waals surface area (Å²) >= 11 is 5.87. The summed E-state index contributed by atoms with van der Waals surface area (Å²) < 4.78 is 77.6. The number of rotatable bonds is 6. The van der Waals surface area contributed by atoms with Crippen LogP contribution in [0.15, 0.2) is 41.7 Å². The number of hydrogen-bond acceptors (Lipinski definition) is 4. The van der Waals surface area contributed by atoms with E-state index in [1.54, 1.807) is 6.92 Å². The number of halogens is 7. The first-order valence-electron chi connectivity index (χ1n) is 8.31. The zero-order chi connectivity index (χ0) is 22.5. The number of nitrogens with one attached hydrogen (secondary N) is 1. The van der Waals surface area contributed by atoms with Crippen molar-refractivity contribution in [1.82, 2.24) is 10.3 Å². The Balaban J connectivity index is 2.29. The van der Waals surface area contributed by atoms with Gasteiger partial charge >= 0.3 is 12.4 Å². The van der Waals surface area contributed by atoms with Crippen LogP contribution in [0.2, 0.25) is 5.02 Å². The van der Waals surface area contributed by atoms with Gasteiger partial charge in [-0.3, -0.25) is 9.78 Å². The van der Waals surface area contributed by atoms with Crippen LogP contribution < -0.4 is 5.32 Å². The third-order valence-corrected chi connectivity index (χ3v) is 3.93. The minimum atomic E-state index is -4.76. The van der Waals surface area contributed by atoms with Crippen molar-refractivity contribution in [1.29, 1.82) is 0 Å². The molecule has 1 aromatic carbocycles. The van der Waals surface area contributed by atoms with Crippen molar-refractivity contribution in [2.75, 3.05) is 13.2 Å². The van der Waals surface area contributed by atoms with Gasteiger partial charge in [0.1, 0.15) is 18.0 Å². The van der Waals surface area contributed by atoms with E-state index in [9.17, 15) is 31.1 Å². The van der Waals surface area contributed by atoms with Gasteiger partial charge in [0, 0.05) is 6.20 Å². The van der Waals surface area contributed by atoms with E-state index < -0.39 is 46.5 Å². The van der Waals surface area contributed by atoms with Gasteiger partial charge in [-0.1, -0.05) is 28.9 Å². The minimum absolute atomic E-state index is 0.0760. The molecule has 0 saturated heterocycles. The Hall–Kier alpha value is -2.82. The topological polar surface area (TPSA) is 63.6 Å². The van der Waals surface area contributed by atoms with Crippen LogP contribution in [-0.2, 0) is 17.2 Å². The van der Waals surface area contributed by atoms with Gasteiger partial charge < -0.3 is 10.2 Å². The lowest BCUT2D eigenvalue weighted by Crippen LogP contribution is -2.32. The second-order valence-corrected chi connectivity index (χ2v) is 6.14. The smallest absolute Gasteiger partial charge is 0.396 e. The molecule has 2 aromatic rings. The van der Waals surface area contributed by atoms with Crippen molar-refractivity contribution in [3.8, 4) is 0 Å². The van der Waals surface area contributed by atoms with E-state index in [4.69, 9.17) is 16.4 Å². The number of hydrogen-bond donors (Lipinski definition) is 1. The van der Waals surface area contributed by atoms with Gasteiger partial charge in [0.2, 0.25) is 0 Å². The molecule has 1 aromatic heterocycles. The lowest BCUT2D eigenvalue weighted by Gasteiger charge is -2.14. The van der Waals surface area contributed by atoms with E-state index in [0.717, 1.165) is 18.2 Å². The molecule has 0 bridgehead atoms. The van der Waals surface area contributed by atoms with Gasteiger partial charge in [-0.25, -0.2) is 0 Å². The summed E-state index contributed by atoms with van der Waals surface area (Å²) in [5, 5.41) is 5.45. The summed E-state index contributed by atoms with van der Waals surface area (Å²) in [5.74, 6) is -1.07. The molecule has 1 amide bonds. The molecule has 2 rings (SSSR count). The van der Waals surface area contributed by atoms with Gasteiger partial charge in [-0.15, -0.1) is 0 Å². The maximum Gasteiger partial charge on any atom is 0.417 e. The number of aromatic nitrogens is 1. The van der Waals surface area contributed by atoms with Crippen molar-refractivity contribution in [3.63, 3.8) is 0 Å². The van der Waals surface area contributed by atoms with E-state index in [0.29, 0.717) is 12.3 Å². The molecule has 1 heterocycles. The molecule has 30 heavy (non-hydrogen) atoms. The zero-order valence-electron chi connectivity index (χ0n) is 15.2. The van der Waals surface area contributed by atoms with Gasteiger partial charge in [-0.05, 0) is 25.1 Å². The molecular formula is C18H14ClF6N3O2. The average Bonchev–Trinajstić information content (AvgIpc) is 2.67. The fourth-order valence-electron chi connectivity index (χ4n) is 2.29. The molecule has 0 aliphatic heterocycles. The largest absolute Gasteiger partial charge is 0.417 e. The number of oxime groups is 1. The van der Waals surface area contributed by atoms with Crippen LogP contribution in [0.1, 0.15) is 34.1 Å². The monoisotopic (exact) mass is 453 g/mol. The standard InChI is InChI=1S/C18H14ClF6N3O2/c1-2-30-28-14(15-13(19)7-10(8-26-15)17(20,21)22)9-27-16(29)11-5-3-4-6-12(11)18(23,24)25/h3-8H,2,9H2,1H3,(H,27,29). The Morgan fingerprint density at radius 3 is 2.40 bits per heavy atom. The highest BCUT2D eigenvalue weighted by Gasteiger charge is 2.35. The molecule has 0 aliphatic carbocycles. The predicted molar refractivity (Wildman–Crippen MR) is 96.2 cm³/mol. The molecule has 1 N–H and O–H groups in total. The highest BCUT2D eigenvalue weighted by molar-refractivity contribution is 6.34. The number of carbonyl (C=O) groups excluding carboxylic acids is 1. The van der Waals surface area contributed by atoms with Crippen LogP contribution in [0.5, 0.6) is 0 Å². The van der Waals surface area contributed by atoms with Crippen LogP contribution in [-0.4, -0.2) is 29.8 Å². The Morgan fingerprint density at radius 2 is 1.83 bits per heavy atom. The van der Waals surface area contributed by atoms with Crippen LogP contribution in [0.25, 0.3) is 0 Å². The number of pyridine rings is 1. The molecule has 0 radical (unpaired) electrons. The molecule has 0 atom stereocenters. The van der Waals surface area contributed by atoms with Gasteiger partial charge in [0.05, 0.1) is 28.3 Å². The van der Waals surface area contributed by atoms with E-state index >= 15 is 0 Å². The van der Waals surface area contributed by atoms with Crippen LogP contribution >= 0.6 is 11.6 Å². The molecule has 0 fully saturated rings. The summed E-state index contributed by atoms with van der Waals surface area (Å²) in [6.45, 7) is 1.15. The molecule has 0 aliphatic rings. The van der Waals surface area contributed by atoms with Crippen molar-refractivity contribution < 1.29 is 36.0 Å². The number of benzene rings is 1. The van der Waals surface area contributed by atoms with Crippen molar-refractivity contribution in [2.45, 2.75) is 19.3 Å². The van der Waals surface area contributed by atoms with Gasteiger partial charge in [0.15, 0.2) is 0 Å². The van der Waals surface area contributed by atoms with E-state index in [2.05, 4.69) is 15.5 Å². The second-order valence-electron chi connectivity index (χ2n) is 5.73. The SMILES string of the molecule is CCON=C(CNC(=O)c1ccccc1C(F)(F)F)c1ncc(C(F)(F)F)cc1Cl.